The predicted octanol–water partition coefficient (Wildman–Crippen LogP) is 2.88. The van der Waals surface area contributed by atoms with Crippen molar-refractivity contribution in [2.24, 2.45) is 0 Å². The number of nitrogens with zero attached hydrogens (tertiary/aromatic N) is 1. The largest absolute Gasteiger partial charge is 0.444 e. The summed E-state index contributed by atoms with van der Waals surface area (Å²) < 4.78 is 5.38. The summed E-state index contributed by atoms with van der Waals surface area (Å²) in [5, 5.41) is 4.87. The molecule has 0 spiro atoms. The van der Waals surface area contributed by atoms with Crippen LogP contribution < -0.4 is 5.32 Å². The Labute approximate surface area is 129 Å². The van der Waals surface area contributed by atoms with Gasteiger partial charge in [-0.3, -0.25) is 4.79 Å². The van der Waals surface area contributed by atoms with E-state index in [9.17, 15) is 9.59 Å². The second-order valence-electron chi connectivity index (χ2n) is 6.22. The van der Waals surface area contributed by atoms with Gasteiger partial charge in [0.1, 0.15) is 5.60 Å². The summed E-state index contributed by atoms with van der Waals surface area (Å²) in [6, 6.07) is 3.64. The minimum absolute atomic E-state index is 0.0131. The van der Waals surface area contributed by atoms with Crippen molar-refractivity contribution in [2.75, 3.05) is 13.1 Å². The molecule has 2 rings (SSSR count). The van der Waals surface area contributed by atoms with Crippen LogP contribution in [0.2, 0.25) is 0 Å². The van der Waals surface area contributed by atoms with Crippen molar-refractivity contribution < 1.29 is 14.3 Å². The fourth-order valence-electron chi connectivity index (χ4n) is 2.25. The number of likely N-dealkylation sites (tertiary alicyclic amines) is 1. The second kappa shape index (κ2) is 6.47. The number of rotatable bonds is 2. The topological polar surface area (TPSA) is 58.6 Å². The Hall–Kier alpha value is -1.56. The van der Waals surface area contributed by atoms with Crippen LogP contribution in [0.1, 0.15) is 43.3 Å². The molecule has 1 aliphatic rings. The summed E-state index contributed by atoms with van der Waals surface area (Å²) in [6.07, 6.45) is 1.45. The molecule has 1 fully saturated rings. The number of hydrogen-bond donors (Lipinski definition) is 1. The van der Waals surface area contributed by atoms with Gasteiger partial charge in [-0.15, -0.1) is 11.3 Å². The van der Waals surface area contributed by atoms with Crippen molar-refractivity contribution in [3.8, 4) is 0 Å². The Balaban J connectivity index is 1.89. The minimum Gasteiger partial charge on any atom is -0.444 e. The van der Waals surface area contributed by atoms with Crippen molar-refractivity contribution in [1.29, 1.82) is 0 Å². The van der Waals surface area contributed by atoms with Crippen molar-refractivity contribution in [1.82, 2.24) is 10.2 Å². The number of carbonyl (C=O) groups excluding carboxylic acids is 2. The molecule has 0 saturated carbocycles. The molecule has 0 aliphatic carbocycles. The number of nitrogens with one attached hydrogen (secondary N) is 1. The lowest BCUT2D eigenvalue weighted by Crippen LogP contribution is -2.50. The standard InChI is InChI=1S/C15H22N2O3S/c1-15(2,3)20-14(19)17-8-4-6-11(10-17)16-13(18)12-7-5-9-21-12/h5,7,9,11H,4,6,8,10H2,1-3H3,(H,16,18)/t11-/m0/s1. The molecule has 1 aliphatic heterocycles. The van der Waals surface area contributed by atoms with E-state index in [1.807, 2.05) is 32.2 Å². The summed E-state index contributed by atoms with van der Waals surface area (Å²) in [7, 11) is 0. The molecule has 5 nitrogen and oxygen atoms in total. The molecule has 2 amide bonds. The number of amides is 2. The number of ether oxygens (including phenoxy) is 1. The molecule has 0 aromatic carbocycles. The van der Waals surface area contributed by atoms with Gasteiger partial charge in [-0.1, -0.05) is 6.07 Å². The van der Waals surface area contributed by atoms with Crippen LogP contribution in [0.15, 0.2) is 17.5 Å². The lowest BCUT2D eigenvalue weighted by molar-refractivity contribution is 0.0186. The SMILES string of the molecule is CC(C)(C)OC(=O)N1CCC[C@H](NC(=O)c2cccs2)C1. The number of piperidine rings is 1. The average Bonchev–Trinajstić information content (AvgIpc) is 2.91. The zero-order chi connectivity index (χ0) is 15.5. The zero-order valence-corrected chi connectivity index (χ0v) is 13.5. The number of thiophene rings is 1. The van der Waals surface area contributed by atoms with Crippen LogP contribution in [0, 0.1) is 0 Å². The van der Waals surface area contributed by atoms with Crippen LogP contribution in [-0.2, 0) is 4.74 Å². The van der Waals surface area contributed by atoms with E-state index < -0.39 is 5.60 Å². The Kier molecular flexibility index (Phi) is 4.88. The van der Waals surface area contributed by atoms with Gasteiger partial charge in [0.05, 0.1) is 4.88 Å². The van der Waals surface area contributed by atoms with Crippen molar-refractivity contribution in [2.45, 2.75) is 45.3 Å². The van der Waals surface area contributed by atoms with E-state index >= 15 is 0 Å². The van der Waals surface area contributed by atoms with Gasteiger partial charge in [0.2, 0.25) is 0 Å². The molecular weight excluding hydrogens is 288 g/mol. The summed E-state index contributed by atoms with van der Waals surface area (Å²) in [5.74, 6) is -0.0685. The zero-order valence-electron chi connectivity index (χ0n) is 12.7. The third-order valence-electron chi connectivity index (χ3n) is 3.15. The molecule has 1 aromatic rings. The van der Waals surface area contributed by atoms with E-state index in [0.29, 0.717) is 18.0 Å². The van der Waals surface area contributed by atoms with Gasteiger partial charge in [0.25, 0.3) is 5.91 Å². The Morgan fingerprint density at radius 1 is 1.43 bits per heavy atom. The maximum absolute atomic E-state index is 12.1. The first kappa shape index (κ1) is 15.8. The molecule has 0 radical (unpaired) electrons. The van der Waals surface area contributed by atoms with Gasteiger partial charge in [-0.25, -0.2) is 4.79 Å². The average molecular weight is 310 g/mol. The molecule has 0 bridgehead atoms. The number of carbonyl (C=O) groups is 2. The van der Waals surface area contributed by atoms with Crippen LogP contribution >= 0.6 is 11.3 Å². The monoisotopic (exact) mass is 310 g/mol. The first-order valence-corrected chi connectivity index (χ1v) is 8.05. The molecule has 1 N–H and O–H groups in total. The first-order chi connectivity index (χ1) is 9.85. The van der Waals surface area contributed by atoms with E-state index in [0.717, 1.165) is 12.8 Å². The quantitative estimate of drug-likeness (QED) is 0.914. The maximum atomic E-state index is 12.1. The molecule has 21 heavy (non-hydrogen) atoms. The summed E-state index contributed by atoms with van der Waals surface area (Å²) >= 11 is 1.42. The second-order valence-corrected chi connectivity index (χ2v) is 7.16. The van der Waals surface area contributed by atoms with E-state index in [1.165, 1.54) is 11.3 Å². The Morgan fingerprint density at radius 2 is 2.19 bits per heavy atom. The highest BCUT2D eigenvalue weighted by Gasteiger charge is 2.28. The molecule has 0 unspecified atom stereocenters. The summed E-state index contributed by atoms with van der Waals surface area (Å²) in [4.78, 5) is 26.5. The summed E-state index contributed by atoms with van der Waals surface area (Å²) in [5.41, 5.74) is -0.496. The van der Waals surface area contributed by atoms with E-state index in [2.05, 4.69) is 5.32 Å². The normalized spacial score (nSPS) is 19.2. The fraction of sp³-hybridized carbons (Fsp3) is 0.600. The van der Waals surface area contributed by atoms with Crippen LogP contribution in [0.5, 0.6) is 0 Å². The number of hydrogen-bond acceptors (Lipinski definition) is 4. The van der Waals surface area contributed by atoms with Gasteiger partial charge in [-0.05, 0) is 45.1 Å². The van der Waals surface area contributed by atoms with Crippen LogP contribution in [-0.4, -0.2) is 41.6 Å². The lowest BCUT2D eigenvalue weighted by Gasteiger charge is -2.34. The minimum atomic E-state index is -0.496. The third-order valence-corrected chi connectivity index (χ3v) is 4.02. The fourth-order valence-corrected chi connectivity index (χ4v) is 2.88. The van der Waals surface area contributed by atoms with Gasteiger partial charge in [-0.2, -0.15) is 0 Å². The molecule has 1 saturated heterocycles. The molecular formula is C15H22N2O3S. The lowest BCUT2D eigenvalue weighted by atomic mass is 10.1. The Morgan fingerprint density at radius 3 is 2.81 bits per heavy atom. The van der Waals surface area contributed by atoms with Crippen LogP contribution in [0.3, 0.4) is 0 Å². The van der Waals surface area contributed by atoms with E-state index in [4.69, 9.17) is 4.74 Å². The molecule has 2 heterocycles. The highest BCUT2D eigenvalue weighted by molar-refractivity contribution is 7.12. The van der Waals surface area contributed by atoms with Gasteiger partial charge in [0.15, 0.2) is 0 Å². The molecule has 1 aromatic heterocycles. The third kappa shape index (κ3) is 4.74. The highest BCUT2D eigenvalue weighted by Crippen LogP contribution is 2.16. The first-order valence-electron chi connectivity index (χ1n) is 7.17. The van der Waals surface area contributed by atoms with Gasteiger partial charge < -0.3 is 15.0 Å². The van der Waals surface area contributed by atoms with E-state index in [-0.39, 0.29) is 18.0 Å². The van der Waals surface area contributed by atoms with Crippen LogP contribution in [0.25, 0.3) is 0 Å². The van der Waals surface area contributed by atoms with Crippen molar-refractivity contribution in [3.63, 3.8) is 0 Å². The maximum Gasteiger partial charge on any atom is 0.410 e. The van der Waals surface area contributed by atoms with E-state index in [1.54, 1.807) is 11.0 Å². The van der Waals surface area contributed by atoms with Crippen molar-refractivity contribution in [3.05, 3.63) is 22.4 Å². The van der Waals surface area contributed by atoms with Gasteiger partial charge in [0, 0.05) is 19.1 Å². The molecule has 116 valence electrons. The Bertz CT molecular complexity index is 494. The smallest absolute Gasteiger partial charge is 0.410 e. The highest BCUT2D eigenvalue weighted by atomic mass is 32.1. The molecule has 1 atom stereocenters. The predicted molar refractivity (Wildman–Crippen MR) is 82.6 cm³/mol. The summed E-state index contributed by atoms with van der Waals surface area (Å²) in [6.45, 7) is 6.74. The van der Waals surface area contributed by atoms with Crippen molar-refractivity contribution >= 4 is 23.3 Å². The van der Waals surface area contributed by atoms with Gasteiger partial charge >= 0.3 is 6.09 Å². The van der Waals surface area contributed by atoms with Crippen LogP contribution in [0.4, 0.5) is 4.79 Å². The molecule has 6 heteroatoms.